The molecule has 1 aromatic heterocycles. The normalized spacial score (nSPS) is 13.9. The van der Waals surface area contributed by atoms with Gasteiger partial charge in [-0.05, 0) is 49.2 Å². The highest BCUT2D eigenvalue weighted by Gasteiger charge is 2.21. The predicted octanol–water partition coefficient (Wildman–Crippen LogP) is 1.79. The number of carbonyl (C=O) groups is 2. The number of pyridine rings is 1. The Kier molecular flexibility index (Phi) is 7.16. The second kappa shape index (κ2) is 10.2. The third kappa shape index (κ3) is 5.91. The Morgan fingerprint density at radius 1 is 1.10 bits per heavy atom. The number of hydrogen-bond donors (Lipinski definition) is 3. The lowest BCUT2D eigenvalue weighted by Crippen LogP contribution is -2.49. The Morgan fingerprint density at radius 3 is 2.43 bits per heavy atom. The minimum absolute atomic E-state index is 0.0634. The number of anilines is 1. The molecule has 30 heavy (non-hydrogen) atoms. The molecule has 9 heteroatoms. The van der Waals surface area contributed by atoms with Crippen molar-refractivity contribution < 1.29 is 14.0 Å². The second-order valence-corrected chi connectivity index (χ2v) is 6.94. The molecule has 156 valence electrons. The fraction of sp³-hybridized carbons (Fsp3) is 0.333. The Balaban J connectivity index is 1.32. The van der Waals surface area contributed by atoms with Crippen LogP contribution in [0.1, 0.15) is 28.8 Å². The van der Waals surface area contributed by atoms with E-state index in [0.29, 0.717) is 11.1 Å². The van der Waals surface area contributed by atoms with E-state index in [4.69, 9.17) is 5.26 Å². The molecule has 1 aromatic carbocycles. The van der Waals surface area contributed by atoms with Gasteiger partial charge in [0, 0.05) is 44.0 Å². The van der Waals surface area contributed by atoms with Gasteiger partial charge in [0.05, 0.1) is 5.56 Å². The molecule has 3 rings (SSSR count). The number of urea groups is 1. The third-order valence-corrected chi connectivity index (χ3v) is 4.83. The Hall–Kier alpha value is -3.67. The van der Waals surface area contributed by atoms with Crippen molar-refractivity contribution in [2.24, 2.45) is 0 Å². The van der Waals surface area contributed by atoms with Gasteiger partial charge in [-0.3, -0.25) is 4.79 Å². The first-order chi connectivity index (χ1) is 14.5. The first kappa shape index (κ1) is 21.0. The molecule has 0 spiro atoms. The lowest BCUT2D eigenvalue weighted by atomic mass is 10.1. The van der Waals surface area contributed by atoms with Crippen LogP contribution in [0.25, 0.3) is 0 Å². The van der Waals surface area contributed by atoms with Crippen LogP contribution < -0.4 is 20.9 Å². The van der Waals surface area contributed by atoms with Crippen molar-refractivity contribution in [3.63, 3.8) is 0 Å². The number of hydrogen-bond acceptors (Lipinski definition) is 5. The molecule has 1 aliphatic heterocycles. The average Bonchev–Trinajstić information content (AvgIpc) is 2.77. The van der Waals surface area contributed by atoms with Crippen LogP contribution in [0.5, 0.6) is 0 Å². The van der Waals surface area contributed by atoms with Crippen molar-refractivity contribution in [3.05, 3.63) is 59.5 Å². The van der Waals surface area contributed by atoms with Gasteiger partial charge in [-0.25, -0.2) is 14.2 Å². The van der Waals surface area contributed by atoms with Crippen LogP contribution in [0.2, 0.25) is 0 Å². The van der Waals surface area contributed by atoms with E-state index in [2.05, 4.69) is 31.9 Å². The highest BCUT2D eigenvalue weighted by atomic mass is 19.1. The summed E-state index contributed by atoms with van der Waals surface area (Å²) < 4.78 is 12.9. The van der Waals surface area contributed by atoms with Gasteiger partial charge in [-0.15, -0.1) is 0 Å². The SMILES string of the molecule is N#Cc1ccc(N2CCC(NC(=O)NCCNC(=O)c3ccc(F)cc3)CC2)nc1. The number of nitrogens with one attached hydrogen (secondary N) is 3. The number of piperidine rings is 1. The van der Waals surface area contributed by atoms with E-state index in [9.17, 15) is 14.0 Å². The molecule has 0 radical (unpaired) electrons. The molecule has 1 saturated heterocycles. The molecule has 0 saturated carbocycles. The molecule has 0 bridgehead atoms. The Morgan fingerprint density at radius 2 is 1.80 bits per heavy atom. The molecule has 0 atom stereocenters. The van der Waals surface area contributed by atoms with Crippen molar-refractivity contribution in [1.82, 2.24) is 20.9 Å². The van der Waals surface area contributed by atoms with E-state index in [1.807, 2.05) is 6.07 Å². The molecule has 3 amide bonds. The number of nitrogens with zero attached hydrogens (tertiary/aromatic N) is 3. The molecule has 3 N–H and O–H groups in total. The van der Waals surface area contributed by atoms with Crippen LogP contribution in [0.3, 0.4) is 0 Å². The number of aromatic nitrogens is 1. The fourth-order valence-corrected chi connectivity index (χ4v) is 3.18. The number of carbonyl (C=O) groups excluding carboxylic acids is 2. The number of benzene rings is 1. The maximum absolute atomic E-state index is 12.9. The maximum Gasteiger partial charge on any atom is 0.315 e. The number of rotatable bonds is 6. The van der Waals surface area contributed by atoms with Crippen LogP contribution in [0.4, 0.5) is 15.0 Å². The van der Waals surface area contributed by atoms with Crippen LogP contribution >= 0.6 is 0 Å². The molecule has 8 nitrogen and oxygen atoms in total. The summed E-state index contributed by atoms with van der Waals surface area (Å²) in [5, 5.41) is 17.2. The van der Waals surface area contributed by atoms with E-state index in [1.54, 1.807) is 12.3 Å². The highest BCUT2D eigenvalue weighted by Crippen LogP contribution is 2.18. The number of halogens is 1. The topological polar surface area (TPSA) is 110 Å². The van der Waals surface area contributed by atoms with Gasteiger partial charge in [0.25, 0.3) is 5.91 Å². The first-order valence-corrected chi connectivity index (χ1v) is 9.74. The van der Waals surface area contributed by atoms with Crippen molar-refractivity contribution in [2.45, 2.75) is 18.9 Å². The van der Waals surface area contributed by atoms with E-state index in [0.717, 1.165) is 31.7 Å². The lowest BCUT2D eigenvalue weighted by Gasteiger charge is -2.33. The zero-order valence-electron chi connectivity index (χ0n) is 16.4. The number of amides is 3. The van der Waals surface area contributed by atoms with Gasteiger partial charge in [0.1, 0.15) is 17.7 Å². The molecule has 2 heterocycles. The summed E-state index contributed by atoms with van der Waals surface area (Å²) in [5.41, 5.74) is 0.894. The monoisotopic (exact) mass is 410 g/mol. The zero-order chi connectivity index (χ0) is 21.3. The van der Waals surface area contributed by atoms with Gasteiger partial charge >= 0.3 is 6.03 Å². The largest absolute Gasteiger partial charge is 0.356 e. The summed E-state index contributed by atoms with van der Waals surface area (Å²) in [5.74, 6) is 0.110. The molecule has 0 aliphatic carbocycles. The second-order valence-electron chi connectivity index (χ2n) is 6.94. The predicted molar refractivity (Wildman–Crippen MR) is 109 cm³/mol. The van der Waals surface area contributed by atoms with Crippen molar-refractivity contribution in [3.8, 4) is 6.07 Å². The van der Waals surface area contributed by atoms with Crippen LogP contribution in [-0.2, 0) is 0 Å². The molecule has 2 aromatic rings. The van der Waals surface area contributed by atoms with Gasteiger partial charge in [-0.2, -0.15) is 5.26 Å². The summed E-state index contributed by atoms with van der Waals surface area (Å²) in [6, 6.07) is 10.7. The smallest absolute Gasteiger partial charge is 0.315 e. The lowest BCUT2D eigenvalue weighted by molar-refractivity contribution is 0.0953. The number of nitriles is 1. The minimum atomic E-state index is -0.399. The average molecular weight is 410 g/mol. The van der Waals surface area contributed by atoms with Gasteiger partial charge in [0.15, 0.2) is 0 Å². The highest BCUT2D eigenvalue weighted by molar-refractivity contribution is 5.94. The Labute approximate surface area is 174 Å². The van der Waals surface area contributed by atoms with Gasteiger partial charge < -0.3 is 20.9 Å². The zero-order valence-corrected chi connectivity index (χ0v) is 16.4. The van der Waals surface area contributed by atoms with Crippen molar-refractivity contribution in [1.29, 1.82) is 5.26 Å². The van der Waals surface area contributed by atoms with Crippen LogP contribution in [0, 0.1) is 17.1 Å². The molecule has 1 aliphatic rings. The van der Waals surface area contributed by atoms with Crippen molar-refractivity contribution >= 4 is 17.8 Å². The van der Waals surface area contributed by atoms with Gasteiger partial charge in [0.2, 0.25) is 0 Å². The molecule has 1 fully saturated rings. The van der Waals surface area contributed by atoms with E-state index in [-0.39, 0.29) is 31.1 Å². The Bertz CT molecular complexity index is 903. The summed E-state index contributed by atoms with van der Waals surface area (Å²) in [6.45, 7) is 2.08. The molecular formula is C21H23FN6O2. The fourth-order valence-electron chi connectivity index (χ4n) is 3.18. The maximum atomic E-state index is 12.9. The van der Waals surface area contributed by atoms with Crippen LogP contribution in [0.15, 0.2) is 42.6 Å². The van der Waals surface area contributed by atoms with Crippen molar-refractivity contribution in [2.75, 3.05) is 31.1 Å². The summed E-state index contributed by atoms with van der Waals surface area (Å²) >= 11 is 0. The van der Waals surface area contributed by atoms with Crippen LogP contribution in [-0.4, -0.2) is 49.1 Å². The van der Waals surface area contributed by atoms with E-state index < -0.39 is 5.82 Å². The standard InChI is InChI=1S/C21H23FN6O2/c22-17-4-2-16(3-5-17)20(29)24-9-10-25-21(30)27-18-7-11-28(12-8-18)19-6-1-15(13-23)14-26-19/h1-6,14,18H,7-12H2,(H,24,29)(H2,25,27,30). The summed E-state index contributed by atoms with van der Waals surface area (Å²) in [4.78, 5) is 30.4. The molecular weight excluding hydrogens is 387 g/mol. The van der Waals surface area contributed by atoms with E-state index >= 15 is 0 Å². The summed E-state index contributed by atoms with van der Waals surface area (Å²) in [6.07, 6.45) is 3.13. The minimum Gasteiger partial charge on any atom is -0.356 e. The van der Waals surface area contributed by atoms with Gasteiger partial charge in [-0.1, -0.05) is 0 Å². The first-order valence-electron chi connectivity index (χ1n) is 9.74. The summed E-state index contributed by atoms with van der Waals surface area (Å²) in [7, 11) is 0. The molecule has 0 unspecified atom stereocenters. The quantitative estimate of drug-likeness (QED) is 0.629. The third-order valence-electron chi connectivity index (χ3n) is 4.83. The van der Waals surface area contributed by atoms with E-state index in [1.165, 1.54) is 24.3 Å².